The molecule has 7 heteroatoms. The first-order valence-corrected chi connectivity index (χ1v) is 10.5. The summed E-state index contributed by atoms with van der Waals surface area (Å²) < 4.78 is 0. The Labute approximate surface area is 180 Å². The number of hydrogen-bond acceptors (Lipinski definition) is 5. The minimum absolute atomic E-state index is 0.0893. The summed E-state index contributed by atoms with van der Waals surface area (Å²) in [5, 5.41) is 16.1. The van der Waals surface area contributed by atoms with E-state index in [0.29, 0.717) is 35.0 Å². The molecule has 7 nitrogen and oxygen atoms in total. The van der Waals surface area contributed by atoms with Crippen LogP contribution in [0.1, 0.15) is 28.8 Å². The first-order chi connectivity index (χ1) is 15.0. The lowest BCUT2D eigenvalue weighted by Gasteiger charge is -2.22. The Bertz CT molecular complexity index is 1130. The molecule has 2 aromatic carbocycles. The molecule has 0 bridgehead atoms. The molecule has 3 aromatic rings. The smallest absolute Gasteiger partial charge is 0.345 e. The minimum Gasteiger partial charge on any atom is -0.508 e. The highest BCUT2D eigenvalue weighted by Gasteiger charge is 2.15. The highest BCUT2D eigenvalue weighted by molar-refractivity contribution is 5.94. The number of aromatic nitrogens is 2. The van der Waals surface area contributed by atoms with Crippen molar-refractivity contribution in [3.8, 4) is 28.3 Å². The predicted octanol–water partition coefficient (Wildman–Crippen LogP) is 2.85. The van der Waals surface area contributed by atoms with Gasteiger partial charge in [0.25, 0.3) is 5.91 Å². The third-order valence-electron chi connectivity index (χ3n) is 5.71. The van der Waals surface area contributed by atoms with Crippen LogP contribution in [0.25, 0.3) is 22.5 Å². The van der Waals surface area contributed by atoms with E-state index in [1.165, 1.54) is 0 Å². The van der Waals surface area contributed by atoms with Crippen LogP contribution in [0.3, 0.4) is 0 Å². The summed E-state index contributed by atoms with van der Waals surface area (Å²) in [5.41, 5.74) is 3.50. The van der Waals surface area contributed by atoms with E-state index in [0.717, 1.165) is 37.1 Å². The molecular formula is C24H26N4O3. The van der Waals surface area contributed by atoms with Crippen molar-refractivity contribution in [2.24, 2.45) is 5.92 Å². The Morgan fingerprint density at radius 2 is 1.81 bits per heavy atom. The van der Waals surface area contributed by atoms with Crippen molar-refractivity contribution in [3.05, 3.63) is 70.1 Å². The molecule has 31 heavy (non-hydrogen) atoms. The lowest BCUT2D eigenvalue weighted by atomic mass is 9.98. The number of aromatic hydroxyl groups is 1. The molecule has 4 rings (SSSR count). The number of aryl methyl sites for hydroxylation is 1. The fourth-order valence-electron chi connectivity index (χ4n) is 3.80. The van der Waals surface area contributed by atoms with Gasteiger partial charge in [0.15, 0.2) is 0 Å². The number of benzene rings is 2. The van der Waals surface area contributed by atoms with Gasteiger partial charge in [-0.15, -0.1) is 0 Å². The zero-order valence-corrected chi connectivity index (χ0v) is 17.4. The van der Waals surface area contributed by atoms with E-state index < -0.39 is 5.69 Å². The minimum atomic E-state index is -0.456. The lowest BCUT2D eigenvalue weighted by Crippen LogP contribution is -2.35. The van der Waals surface area contributed by atoms with Crippen molar-refractivity contribution in [1.29, 1.82) is 0 Å². The Morgan fingerprint density at radius 3 is 2.52 bits per heavy atom. The lowest BCUT2D eigenvalue weighted by molar-refractivity contribution is 0.0944. The van der Waals surface area contributed by atoms with Crippen LogP contribution < -0.4 is 16.3 Å². The van der Waals surface area contributed by atoms with E-state index in [1.807, 2.05) is 12.1 Å². The van der Waals surface area contributed by atoms with Gasteiger partial charge in [0.05, 0.1) is 11.4 Å². The molecule has 1 aromatic heterocycles. The number of hydrogen-bond donors (Lipinski definition) is 4. The summed E-state index contributed by atoms with van der Waals surface area (Å²) in [5.74, 6) is 0.629. The van der Waals surface area contributed by atoms with Crippen molar-refractivity contribution in [2.45, 2.75) is 19.8 Å². The van der Waals surface area contributed by atoms with E-state index in [4.69, 9.17) is 0 Å². The third-order valence-corrected chi connectivity index (χ3v) is 5.71. The SMILES string of the molecule is Cc1cc(-c2cc(-c3ccc(C(=O)NCC4CCNCC4)cc3)[nH]c(=O)n2)ccc1O. The number of H-pyrrole nitrogens is 1. The molecule has 4 N–H and O–H groups in total. The van der Waals surface area contributed by atoms with Crippen LogP contribution in [-0.4, -0.2) is 40.6 Å². The van der Waals surface area contributed by atoms with Crippen LogP contribution in [0.2, 0.25) is 0 Å². The maximum atomic E-state index is 12.5. The summed E-state index contributed by atoms with van der Waals surface area (Å²) >= 11 is 0. The standard InChI is InChI=1S/C24H26N4O3/c1-15-12-19(6-7-22(15)29)21-13-20(27-24(31)28-21)17-2-4-18(5-3-17)23(30)26-14-16-8-10-25-11-9-16/h2-7,12-13,16,25,29H,8-11,14H2,1H3,(H,26,30)(H,27,28,31). The predicted molar refractivity (Wildman–Crippen MR) is 120 cm³/mol. The second kappa shape index (κ2) is 9.14. The maximum absolute atomic E-state index is 12.5. The van der Waals surface area contributed by atoms with Gasteiger partial charge >= 0.3 is 5.69 Å². The van der Waals surface area contributed by atoms with E-state index in [-0.39, 0.29) is 11.7 Å². The van der Waals surface area contributed by atoms with Crippen molar-refractivity contribution >= 4 is 5.91 Å². The number of carbonyl (C=O) groups is 1. The number of nitrogens with one attached hydrogen (secondary N) is 3. The molecule has 0 unspecified atom stereocenters. The Balaban J connectivity index is 1.50. The normalized spacial score (nSPS) is 14.4. The monoisotopic (exact) mass is 418 g/mol. The van der Waals surface area contributed by atoms with Gasteiger partial charge in [-0.2, -0.15) is 4.98 Å². The van der Waals surface area contributed by atoms with Crippen LogP contribution in [0, 0.1) is 12.8 Å². The van der Waals surface area contributed by atoms with Crippen LogP contribution in [0.5, 0.6) is 5.75 Å². The van der Waals surface area contributed by atoms with Crippen molar-refractivity contribution in [2.75, 3.05) is 19.6 Å². The fraction of sp³-hybridized carbons (Fsp3) is 0.292. The third kappa shape index (κ3) is 5.00. The van der Waals surface area contributed by atoms with Gasteiger partial charge in [0, 0.05) is 17.7 Å². The molecule has 160 valence electrons. The maximum Gasteiger partial charge on any atom is 0.345 e. The second-order valence-electron chi connectivity index (χ2n) is 7.97. The molecule has 1 saturated heterocycles. The van der Waals surface area contributed by atoms with E-state index >= 15 is 0 Å². The van der Waals surface area contributed by atoms with Gasteiger partial charge in [0.1, 0.15) is 5.75 Å². The second-order valence-corrected chi connectivity index (χ2v) is 7.97. The molecule has 1 fully saturated rings. The average Bonchev–Trinajstić information content (AvgIpc) is 2.79. The van der Waals surface area contributed by atoms with Gasteiger partial charge in [-0.05, 0) is 86.3 Å². The largest absolute Gasteiger partial charge is 0.508 e. The van der Waals surface area contributed by atoms with Gasteiger partial charge < -0.3 is 20.7 Å². The summed E-state index contributed by atoms with van der Waals surface area (Å²) in [4.78, 5) is 31.4. The van der Waals surface area contributed by atoms with E-state index in [9.17, 15) is 14.7 Å². The number of rotatable bonds is 5. The number of carbonyl (C=O) groups excluding carboxylic acids is 1. The summed E-state index contributed by atoms with van der Waals surface area (Å²) in [6.07, 6.45) is 2.16. The molecule has 0 spiro atoms. The van der Waals surface area contributed by atoms with Crippen LogP contribution in [0.15, 0.2) is 53.3 Å². The Morgan fingerprint density at radius 1 is 1.10 bits per heavy atom. The van der Waals surface area contributed by atoms with Crippen molar-refractivity contribution < 1.29 is 9.90 Å². The van der Waals surface area contributed by atoms with Crippen molar-refractivity contribution in [1.82, 2.24) is 20.6 Å². The van der Waals surface area contributed by atoms with Gasteiger partial charge in [-0.25, -0.2) is 4.79 Å². The van der Waals surface area contributed by atoms with Gasteiger partial charge in [-0.3, -0.25) is 4.79 Å². The molecule has 2 heterocycles. The first-order valence-electron chi connectivity index (χ1n) is 10.5. The first kappa shape index (κ1) is 20.8. The Hall–Kier alpha value is -3.45. The Kier molecular flexibility index (Phi) is 6.13. The molecule has 1 amide bonds. The fourth-order valence-corrected chi connectivity index (χ4v) is 3.80. The zero-order chi connectivity index (χ0) is 21.8. The van der Waals surface area contributed by atoms with E-state index in [1.54, 1.807) is 43.3 Å². The highest BCUT2D eigenvalue weighted by Crippen LogP contribution is 2.26. The van der Waals surface area contributed by atoms with Crippen LogP contribution in [0.4, 0.5) is 0 Å². The quantitative estimate of drug-likeness (QED) is 0.510. The zero-order valence-electron chi connectivity index (χ0n) is 17.4. The van der Waals surface area contributed by atoms with Crippen molar-refractivity contribution in [3.63, 3.8) is 0 Å². The number of nitrogens with zero attached hydrogens (tertiary/aromatic N) is 1. The molecule has 1 aliphatic rings. The molecule has 0 aliphatic carbocycles. The summed E-state index contributed by atoms with van der Waals surface area (Å²) in [7, 11) is 0. The van der Waals surface area contributed by atoms with Crippen LogP contribution >= 0.6 is 0 Å². The summed E-state index contributed by atoms with van der Waals surface area (Å²) in [6.45, 7) is 4.49. The molecular weight excluding hydrogens is 392 g/mol. The molecule has 1 aliphatic heterocycles. The average molecular weight is 418 g/mol. The molecule has 0 radical (unpaired) electrons. The number of piperidine rings is 1. The van der Waals surface area contributed by atoms with E-state index in [2.05, 4.69) is 20.6 Å². The van der Waals surface area contributed by atoms with Gasteiger partial charge in [-0.1, -0.05) is 12.1 Å². The molecule has 0 saturated carbocycles. The summed E-state index contributed by atoms with van der Waals surface area (Å²) in [6, 6.07) is 14.0. The number of phenols is 1. The number of amides is 1. The number of phenolic OH excluding ortho intramolecular Hbond substituents is 1. The molecule has 0 atom stereocenters. The highest BCUT2D eigenvalue weighted by atomic mass is 16.3. The topological polar surface area (TPSA) is 107 Å². The number of aromatic amines is 1. The van der Waals surface area contributed by atoms with Gasteiger partial charge in [0.2, 0.25) is 0 Å². The van der Waals surface area contributed by atoms with Crippen LogP contribution in [-0.2, 0) is 0 Å².